The topological polar surface area (TPSA) is 24.5 Å². The Balaban J connectivity index is 2.61. The molecule has 0 amide bonds. The second-order valence-electron chi connectivity index (χ2n) is 5.82. The molecule has 2 unspecified atom stereocenters. The van der Waals surface area contributed by atoms with Crippen LogP contribution >= 0.6 is 0 Å². The van der Waals surface area contributed by atoms with Gasteiger partial charge >= 0.3 is 0 Å². The van der Waals surface area contributed by atoms with E-state index >= 15 is 0 Å². The summed E-state index contributed by atoms with van der Waals surface area (Å²) in [6.45, 7) is 10.3. The molecule has 0 aliphatic heterocycles. The van der Waals surface area contributed by atoms with Crippen LogP contribution in [0.1, 0.15) is 37.9 Å². The predicted molar refractivity (Wildman–Crippen MR) is 86.2 cm³/mol. The van der Waals surface area contributed by atoms with Gasteiger partial charge in [-0.2, -0.15) is 0 Å². The fourth-order valence-electron chi connectivity index (χ4n) is 2.35. The number of hydrogen-bond acceptors (Lipinski definition) is 3. The van der Waals surface area contributed by atoms with Crippen molar-refractivity contribution < 1.29 is 4.74 Å². The van der Waals surface area contributed by atoms with Crippen LogP contribution in [0.4, 0.5) is 0 Å². The summed E-state index contributed by atoms with van der Waals surface area (Å²) in [4.78, 5) is 2.35. The first-order valence-electron chi connectivity index (χ1n) is 7.51. The number of rotatable bonds is 8. The maximum Gasteiger partial charge on any atom is 0.0596 e. The first kappa shape index (κ1) is 17.2. The van der Waals surface area contributed by atoms with Gasteiger partial charge in [-0.05, 0) is 47.4 Å². The summed E-state index contributed by atoms with van der Waals surface area (Å²) in [5.74, 6) is 0. The van der Waals surface area contributed by atoms with E-state index in [1.807, 2.05) is 7.05 Å². The average Bonchev–Trinajstić information content (AvgIpc) is 2.41. The number of ether oxygens (including phenoxy) is 1. The lowest BCUT2D eigenvalue weighted by Crippen LogP contribution is -2.41. The molecule has 0 aromatic heterocycles. The summed E-state index contributed by atoms with van der Waals surface area (Å²) >= 11 is 0. The van der Waals surface area contributed by atoms with Crippen LogP contribution in [0.15, 0.2) is 24.3 Å². The minimum absolute atomic E-state index is 0.302. The lowest BCUT2D eigenvalue weighted by atomic mass is 9.98. The number of nitrogens with zero attached hydrogens (tertiary/aromatic N) is 1. The molecule has 0 radical (unpaired) electrons. The Kier molecular flexibility index (Phi) is 7.20. The molecule has 1 rings (SSSR count). The number of nitrogens with one attached hydrogen (secondary N) is 1. The van der Waals surface area contributed by atoms with E-state index in [1.54, 1.807) is 0 Å². The van der Waals surface area contributed by atoms with Crippen molar-refractivity contribution in [2.24, 2.45) is 0 Å². The largest absolute Gasteiger partial charge is 0.377 e. The first-order chi connectivity index (χ1) is 9.45. The summed E-state index contributed by atoms with van der Waals surface area (Å²) in [5.41, 5.74) is 2.64. The van der Waals surface area contributed by atoms with E-state index in [0.717, 1.165) is 13.2 Å². The fraction of sp³-hybridized carbons (Fsp3) is 0.647. The number of likely N-dealkylation sites (N-methyl/N-ethyl adjacent to an activating group) is 2. The van der Waals surface area contributed by atoms with Gasteiger partial charge in [0.1, 0.15) is 0 Å². The Morgan fingerprint density at radius 1 is 1.15 bits per heavy atom. The molecule has 3 heteroatoms. The highest BCUT2D eigenvalue weighted by Gasteiger charge is 2.21. The van der Waals surface area contributed by atoms with Crippen LogP contribution in [0.2, 0.25) is 0 Å². The number of hydrogen-bond donors (Lipinski definition) is 1. The maximum atomic E-state index is 5.64. The Bertz CT molecular complexity index is 375. The van der Waals surface area contributed by atoms with E-state index in [4.69, 9.17) is 4.74 Å². The van der Waals surface area contributed by atoms with Gasteiger partial charge in [0.2, 0.25) is 0 Å². The molecule has 0 aliphatic carbocycles. The zero-order chi connectivity index (χ0) is 15.1. The summed E-state index contributed by atoms with van der Waals surface area (Å²) < 4.78 is 5.64. The molecule has 0 aliphatic rings. The second kappa shape index (κ2) is 8.40. The molecule has 0 fully saturated rings. The van der Waals surface area contributed by atoms with E-state index in [0.29, 0.717) is 18.2 Å². The van der Waals surface area contributed by atoms with Gasteiger partial charge in [-0.3, -0.25) is 4.90 Å². The van der Waals surface area contributed by atoms with Gasteiger partial charge in [0.05, 0.1) is 12.7 Å². The van der Waals surface area contributed by atoms with Crippen LogP contribution in [0.3, 0.4) is 0 Å². The van der Waals surface area contributed by atoms with E-state index in [1.165, 1.54) is 11.1 Å². The zero-order valence-electron chi connectivity index (χ0n) is 13.8. The van der Waals surface area contributed by atoms with Crippen LogP contribution < -0.4 is 5.32 Å². The smallest absolute Gasteiger partial charge is 0.0596 e. The molecular weight excluding hydrogens is 248 g/mol. The van der Waals surface area contributed by atoms with Crippen LogP contribution in [0.5, 0.6) is 0 Å². The highest BCUT2D eigenvalue weighted by Crippen LogP contribution is 2.20. The molecular formula is C17H30N2O. The minimum atomic E-state index is 0.302. The van der Waals surface area contributed by atoms with E-state index in [-0.39, 0.29) is 0 Å². The molecule has 1 aromatic rings. The average molecular weight is 278 g/mol. The van der Waals surface area contributed by atoms with Crippen molar-refractivity contribution in [2.45, 2.75) is 45.9 Å². The lowest BCUT2D eigenvalue weighted by molar-refractivity contribution is 0.0537. The third-order valence-electron chi connectivity index (χ3n) is 3.82. The second-order valence-corrected chi connectivity index (χ2v) is 5.82. The van der Waals surface area contributed by atoms with Crippen LogP contribution in [-0.2, 0) is 4.74 Å². The Morgan fingerprint density at radius 2 is 1.75 bits per heavy atom. The van der Waals surface area contributed by atoms with E-state index < -0.39 is 0 Å². The molecule has 2 atom stereocenters. The van der Waals surface area contributed by atoms with Crippen LogP contribution in [0, 0.1) is 6.92 Å². The standard InChI is InChI=1S/C17H30N2O/c1-13(2)20-12-11-19(6)15(4)17(18-5)16-9-7-14(3)8-10-16/h7-10,13,15,17-18H,11-12H2,1-6H3. The molecule has 20 heavy (non-hydrogen) atoms. The summed E-state index contributed by atoms with van der Waals surface area (Å²) in [7, 11) is 4.19. The summed E-state index contributed by atoms with van der Waals surface area (Å²) in [6.07, 6.45) is 0.302. The van der Waals surface area contributed by atoms with Crippen molar-refractivity contribution in [3.63, 3.8) is 0 Å². The van der Waals surface area contributed by atoms with Crippen molar-refractivity contribution in [3.8, 4) is 0 Å². The molecule has 0 heterocycles. The Labute approximate surface area is 124 Å². The molecule has 0 bridgehead atoms. The molecule has 114 valence electrons. The normalized spacial score (nSPS) is 14.8. The van der Waals surface area contributed by atoms with Gasteiger partial charge in [-0.25, -0.2) is 0 Å². The van der Waals surface area contributed by atoms with E-state index in [2.05, 4.69) is 69.2 Å². The van der Waals surface area contributed by atoms with Crippen LogP contribution in [-0.4, -0.2) is 44.3 Å². The van der Waals surface area contributed by atoms with Crippen molar-refractivity contribution in [1.29, 1.82) is 0 Å². The minimum Gasteiger partial charge on any atom is -0.377 e. The predicted octanol–water partition coefficient (Wildman–Crippen LogP) is 3.00. The van der Waals surface area contributed by atoms with Gasteiger partial charge in [-0.15, -0.1) is 0 Å². The van der Waals surface area contributed by atoms with Gasteiger partial charge in [-0.1, -0.05) is 29.8 Å². The van der Waals surface area contributed by atoms with E-state index in [9.17, 15) is 0 Å². The third-order valence-corrected chi connectivity index (χ3v) is 3.82. The SMILES string of the molecule is CNC(c1ccc(C)cc1)C(C)N(C)CCOC(C)C. The van der Waals surface area contributed by atoms with Crippen molar-refractivity contribution in [3.05, 3.63) is 35.4 Å². The highest BCUT2D eigenvalue weighted by molar-refractivity contribution is 5.25. The molecule has 0 saturated carbocycles. The first-order valence-corrected chi connectivity index (χ1v) is 7.51. The molecule has 0 spiro atoms. The Hall–Kier alpha value is -0.900. The van der Waals surface area contributed by atoms with Gasteiger partial charge in [0.25, 0.3) is 0 Å². The summed E-state index contributed by atoms with van der Waals surface area (Å²) in [6, 6.07) is 9.53. The number of aryl methyl sites for hydroxylation is 1. The fourth-order valence-corrected chi connectivity index (χ4v) is 2.35. The molecule has 1 N–H and O–H groups in total. The van der Waals surface area contributed by atoms with Crippen molar-refractivity contribution in [2.75, 3.05) is 27.2 Å². The molecule has 1 aromatic carbocycles. The van der Waals surface area contributed by atoms with Gasteiger partial charge < -0.3 is 10.1 Å². The van der Waals surface area contributed by atoms with Gasteiger partial charge in [0.15, 0.2) is 0 Å². The zero-order valence-corrected chi connectivity index (χ0v) is 13.8. The van der Waals surface area contributed by atoms with Gasteiger partial charge in [0, 0.05) is 18.6 Å². The Morgan fingerprint density at radius 3 is 2.25 bits per heavy atom. The highest BCUT2D eigenvalue weighted by atomic mass is 16.5. The van der Waals surface area contributed by atoms with Crippen molar-refractivity contribution >= 4 is 0 Å². The van der Waals surface area contributed by atoms with Crippen molar-refractivity contribution in [1.82, 2.24) is 10.2 Å². The molecule has 3 nitrogen and oxygen atoms in total. The number of benzene rings is 1. The monoisotopic (exact) mass is 278 g/mol. The molecule has 0 saturated heterocycles. The maximum absolute atomic E-state index is 5.64. The summed E-state index contributed by atoms with van der Waals surface area (Å²) in [5, 5.41) is 3.44. The lowest BCUT2D eigenvalue weighted by Gasteiger charge is -2.32. The quantitative estimate of drug-likeness (QED) is 0.791. The third kappa shape index (κ3) is 5.23. The van der Waals surface area contributed by atoms with Crippen LogP contribution in [0.25, 0.3) is 0 Å².